The fourth-order valence-corrected chi connectivity index (χ4v) is 1.65. The molecule has 1 N–H and O–H groups in total. The molecule has 16 heavy (non-hydrogen) atoms. The van der Waals surface area contributed by atoms with Crippen LogP contribution in [0.3, 0.4) is 0 Å². The van der Waals surface area contributed by atoms with Crippen LogP contribution in [0, 0.1) is 6.92 Å². The summed E-state index contributed by atoms with van der Waals surface area (Å²) in [7, 11) is 0. The van der Waals surface area contributed by atoms with Gasteiger partial charge in [-0.05, 0) is 18.6 Å². The number of carbonyl (C=O) groups is 1. The Morgan fingerprint density at radius 1 is 1.69 bits per heavy atom. The summed E-state index contributed by atoms with van der Waals surface area (Å²) in [5, 5.41) is 9.07. The number of ether oxygens (including phenoxy) is 2. The molecule has 0 aliphatic carbocycles. The van der Waals surface area contributed by atoms with E-state index in [1.807, 2.05) is 0 Å². The lowest BCUT2D eigenvalue weighted by molar-refractivity contribution is 0.0684. The summed E-state index contributed by atoms with van der Waals surface area (Å²) in [6, 6.07) is 1.65. The fourth-order valence-electron chi connectivity index (χ4n) is 1.65. The Morgan fingerprint density at radius 3 is 3.12 bits per heavy atom. The Labute approximate surface area is 93.0 Å². The summed E-state index contributed by atoms with van der Waals surface area (Å²) < 4.78 is 10.7. The predicted molar refractivity (Wildman–Crippen MR) is 55.8 cm³/mol. The van der Waals surface area contributed by atoms with Crippen molar-refractivity contribution in [2.24, 2.45) is 0 Å². The zero-order valence-corrected chi connectivity index (χ0v) is 8.97. The average molecular weight is 223 g/mol. The van der Waals surface area contributed by atoms with E-state index in [4.69, 9.17) is 14.6 Å². The number of pyridine rings is 1. The maximum Gasteiger partial charge on any atom is 0.341 e. The second-order valence-corrected chi connectivity index (χ2v) is 3.72. The molecule has 0 amide bonds. The molecule has 0 aromatic carbocycles. The number of carboxylic acid groups (broad SMARTS) is 1. The van der Waals surface area contributed by atoms with E-state index in [-0.39, 0.29) is 17.5 Å². The molecule has 1 fully saturated rings. The second kappa shape index (κ2) is 4.49. The third-order valence-corrected chi connectivity index (χ3v) is 2.50. The van der Waals surface area contributed by atoms with Gasteiger partial charge in [-0.25, -0.2) is 9.78 Å². The average Bonchev–Trinajstić information content (AvgIpc) is 2.70. The minimum Gasteiger partial charge on any atom is -0.477 e. The monoisotopic (exact) mass is 223 g/mol. The number of rotatable bonds is 3. The van der Waals surface area contributed by atoms with Gasteiger partial charge in [0.15, 0.2) is 0 Å². The summed E-state index contributed by atoms with van der Waals surface area (Å²) in [5.41, 5.74) is 0.783. The second-order valence-electron chi connectivity index (χ2n) is 3.72. The van der Waals surface area contributed by atoms with Crippen LogP contribution in [0.4, 0.5) is 0 Å². The first-order chi connectivity index (χ1) is 7.68. The highest BCUT2D eigenvalue weighted by Gasteiger charge is 2.22. The zero-order chi connectivity index (χ0) is 11.5. The lowest BCUT2D eigenvalue weighted by Gasteiger charge is -2.13. The third kappa shape index (κ3) is 2.14. The van der Waals surface area contributed by atoms with Gasteiger partial charge in [0.1, 0.15) is 11.7 Å². The Balaban J connectivity index is 2.25. The van der Waals surface area contributed by atoms with E-state index in [9.17, 15) is 4.79 Å². The van der Waals surface area contributed by atoms with Crippen LogP contribution in [0.2, 0.25) is 0 Å². The number of hydrogen-bond acceptors (Lipinski definition) is 4. The van der Waals surface area contributed by atoms with Crippen molar-refractivity contribution in [1.29, 1.82) is 0 Å². The van der Waals surface area contributed by atoms with Gasteiger partial charge in [-0.15, -0.1) is 0 Å². The van der Waals surface area contributed by atoms with Gasteiger partial charge in [0.25, 0.3) is 0 Å². The molecule has 1 aliphatic rings. The summed E-state index contributed by atoms with van der Waals surface area (Å²) in [4.78, 5) is 15.0. The SMILES string of the molecule is Cc1ccnc(OC2CCOC2)c1C(=O)O. The van der Waals surface area contributed by atoms with Crippen molar-refractivity contribution in [3.63, 3.8) is 0 Å². The van der Waals surface area contributed by atoms with Crippen molar-refractivity contribution in [2.75, 3.05) is 13.2 Å². The molecule has 0 bridgehead atoms. The van der Waals surface area contributed by atoms with Crippen LogP contribution in [0.1, 0.15) is 22.3 Å². The summed E-state index contributed by atoms with van der Waals surface area (Å²) >= 11 is 0. The minimum atomic E-state index is -1.01. The molecule has 5 nitrogen and oxygen atoms in total. The standard InChI is InChI=1S/C11H13NO4/c1-7-2-4-12-10(9(7)11(13)14)16-8-3-5-15-6-8/h2,4,8H,3,5-6H2,1H3,(H,13,14). The molecule has 86 valence electrons. The Morgan fingerprint density at radius 2 is 2.50 bits per heavy atom. The first kappa shape index (κ1) is 10.9. The smallest absolute Gasteiger partial charge is 0.341 e. The van der Waals surface area contributed by atoms with Crippen molar-refractivity contribution in [1.82, 2.24) is 4.98 Å². The number of hydrogen-bond donors (Lipinski definition) is 1. The Bertz CT molecular complexity index is 399. The van der Waals surface area contributed by atoms with Gasteiger partial charge >= 0.3 is 5.97 Å². The molecule has 0 saturated carbocycles. The summed E-state index contributed by atoms with van der Waals surface area (Å²) in [6.07, 6.45) is 2.23. The zero-order valence-electron chi connectivity index (χ0n) is 8.97. The van der Waals surface area contributed by atoms with Crippen LogP contribution in [-0.4, -0.2) is 35.4 Å². The van der Waals surface area contributed by atoms with Gasteiger partial charge in [0.2, 0.25) is 5.88 Å². The Hall–Kier alpha value is -1.62. The molecular weight excluding hydrogens is 210 g/mol. The van der Waals surface area contributed by atoms with E-state index >= 15 is 0 Å². The number of carboxylic acids is 1. The van der Waals surface area contributed by atoms with Crippen LogP contribution in [0.5, 0.6) is 5.88 Å². The summed E-state index contributed by atoms with van der Waals surface area (Å²) in [5.74, 6) is -0.831. The van der Waals surface area contributed by atoms with E-state index in [1.165, 1.54) is 0 Å². The molecule has 5 heteroatoms. The highest BCUT2D eigenvalue weighted by Crippen LogP contribution is 2.22. The van der Waals surface area contributed by atoms with Crippen molar-refractivity contribution in [2.45, 2.75) is 19.4 Å². The summed E-state index contributed by atoms with van der Waals surface area (Å²) in [6.45, 7) is 2.87. The van der Waals surface area contributed by atoms with Gasteiger partial charge in [-0.1, -0.05) is 0 Å². The van der Waals surface area contributed by atoms with E-state index in [2.05, 4.69) is 4.98 Å². The van der Waals surface area contributed by atoms with Crippen molar-refractivity contribution in [3.05, 3.63) is 23.4 Å². The van der Waals surface area contributed by atoms with Crippen LogP contribution in [0.25, 0.3) is 0 Å². The van der Waals surface area contributed by atoms with Crippen molar-refractivity contribution in [3.8, 4) is 5.88 Å². The normalized spacial score (nSPS) is 19.7. The lowest BCUT2D eigenvalue weighted by atomic mass is 10.1. The molecule has 2 heterocycles. The lowest BCUT2D eigenvalue weighted by Crippen LogP contribution is -2.19. The van der Waals surface area contributed by atoms with E-state index in [0.717, 1.165) is 6.42 Å². The molecule has 0 spiro atoms. The molecule has 1 aromatic rings. The van der Waals surface area contributed by atoms with Crippen LogP contribution in [0.15, 0.2) is 12.3 Å². The van der Waals surface area contributed by atoms with Gasteiger partial charge in [0, 0.05) is 12.6 Å². The topological polar surface area (TPSA) is 68.7 Å². The number of aromatic nitrogens is 1. The van der Waals surface area contributed by atoms with Gasteiger partial charge in [-0.3, -0.25) is 0 Å². The van der Waals surface area contributed by atoms with Crippen molar-refractivity contribution < 1.29 is 19.4 Å². The van der Waals surface area contributed by atoms with Gasteiger partial charge in [-0.2, -0.15) is 0 Å². The van der Waals surface area contributed by atoms with Gasteiger partial charge in [0.05, 0.1) is 13.2 Å². The largest absolute Gasteiger partial charge is 0.477 e. The quantitative estimate of drug-likeness (QED) is 0.835. The fraction of sp³-hybridized carbons (Fsp3) is 0.455. The maximum absolute atomic E-state index is 11.1. The van der Waals surface area contributed by atoms with Crippen LogP contribution < -0.4 is 4.74 Å². The molecule has 1 saturated heterocycles. The van der Waals surface area contributed by atoms with E-state index in [0.29, 0.717) is 18.8 Å². The van der Waals surface area contributed by atoms with E-state index < -0.39 is 5.97 Å². The third-order valence-electron chi connectivity index (χ3n) is 2.50. The molecular formula is C11H13NO4. The molecule has 2 rings (SSSR count). The maximum atomic E-state index is 11.1. The number of nitrogens with zero attached hydrogens (tertiary/aromatic N) is 1. The highest BCUT2D eigenvalue weighted by molar-refractivity contribution is 5.91. The van der Waals surface area contributed by atoms with Crippen LogP contribution in [-0.2, 0) is 4.74 Å². The molecule has 0 radical (unpaired) electrons. The molecule has 1 unspecified atom stereocenters. The molecule has 1 aliphatic heterocycles. The van der Waals surface area contributed by atoms with Gasteiger partial charge < -0.3 is 14.6 Å². The predicted octanol–water partition coefficient (Wildman–Crippen LogP) is 1.26. The minimum absolute atomic E-state index is 0.0904. The van der Waals surface area contributed by atoms with E-state index in [1.54, 1.807) is 19.2 Å². The molecule has 1 aromatic heterocycles. The first-order valence-electron chi connectivity index (χ1n) is 5.12. The number of aromatic carboxylic acids is 1. The first-order valence-corrected chi connectivity index (χ1v) is 5.12. The molecule has 1 atom stereocenters. The van der Waals surface area contributed by atoms with Crippen LogP contribution >= 0.6 is 0 Å². The highest BCUT2D eigenvalue weighted by atomic mass is 16.5. The van der Waals surface area contributed by atoms with Crippen molar-refractivity contribution >= 4 is 5.97 Å². The Kier molecular flexibility index (Phi) is 3.05. The number of aryl methyl sites for hydroxylation is 1.